The van der Waals surface area contributed by atoms with Gasteiger partial charge in [0.25, 0.3) is 0 Å². The second-order valence-corrected chi connectivity index (χ2v) is 12.9. The second-order valence-electron chi connectivity index (χ2n) is 12.9. The third-order valence-corrected chi connectivity index (χ3v) is 10.1. The Morgan fingerprint density at radius 1 is 0.531 bits per heavy atom. The maximum absolute atomic E-state index is 6.33. The molecule has 0 radical (unpaired) electrons. The Bertz CT molecular complexity index is 2580. The highest BCUT2D eigenvalue weighted by Gasteiger charge is 2.33. The first-order valence-corrected chi connectivity index (χ1v) is 16.9. The van der Waals surface area contributed by atoms with Crippen molar-refractivity contribution in [3.05, 3.63) is 188 Å². The van der Waals surface area contributed by atoms with Gasteiger partial charge in [0.2, 0.25) is 0 Å². The molecule has 232 valence electrons. The zero-order chi connectivity index (χ0) is 32.3. The highest BCUT2D eigenvalue weighted by Crippen LogP contribution is 2.47. The minimum atomic E-state index is 0.0729. The number of anilines is 3. The minimum Gasteiger partial charge on any atom is -0.485 e. The summed E-state index contributed by atoms with van der Waals surface area (Å²) in [5.41, 5.74) is 10.6. The molecule has 0 saturated heterocycles. The number of aromatic nitrogens is 1. The summed E-state index contributed by atoms with van der Waals surface area (Å²) in [4.78, 5) is 2.39. The Kier molecular flexibility index (Phi) is 6.31. The molecule has 0 amide bonds. The van der Waals surface area contributed by atoms with Gasteiger partial charge in [-0.05, 0) is 94.7 Å². The fraction of sp³-hybridized carbons (Fsp3) is 0.0435. The van der Waals surface area contributed by atoms with E-state index < -0.39 is 0 Å². The van der Waals surface area contributed by atoms with Crippen molar-refractivity contribution in [1.82, 2.24) is 4.57 Å². The second kappa shape index (κ2) is 11.1. The van der Waals surface area contributed by atoms with Gasteiger partial charge in [-0.2, -0.15) is 0 Å². The highest BCUT2D eigenvalue weighted by molar-refractivity contribution is 6.16. The van der Waals surface area contributed by atoms with Crippen LogP contribution in [0.3, 0.4) is 0 Å². The lowest BCUT2D eigenvalue weighted by Gasteiger charge is -2.26. The molecule has 10 rings (SSSR count). The molecular formula is C46H32N2O. The number of benzene rings is 7. The van der Waals surface area contributed by atoms with Crippen molar-refractivity contribution in [3.63, 3.8) is 0 Å². The molecule has 0 bridgehead atoms. The van der Waals surface area contributed by atoms with Gasteiger partial charge in [-0.25, -0.2) is 0 Å². The number of hydrogen-bond donors (Lipinski definition) is 0. The number of para-hydroxylation sites is 3. The van der Waals surface area contributed by atoms with Crippen LogP contribution in [0.2, 0.25) is 0 Å². The van der Waals surface area contributed by atoms with Gasteiger partial charge < -0.3 is 14.2 Å². The summed E-state index contributed by atoms with van der Waals surface area (Å²) in [6.45, 7) is 0. The van der Waals surface area contributed by atoms with Gasteiger partial charge in [0, 0.05) is 39.3 Å². The largest absolute Gasteiger partial charge is 0.485 e. The number of rotatable bonds is 5. The van der Waals surface area contributed by atoms with E-state index in [-0.39, 0.29) is 12.0 Å². The summed E-state index contributed by atoms with van der Waals surface area (Å²) in [5.74, 6) is 1.24. The molecule has 0 N–H and O–H groups in total. The first-order chi connectivity index (χ1) is 24.3. The molecule has 0 fully saturated rings. The van der Waals surface area contributed by atoms with Crippen molar-refractivity contribution in [1.29, 1.82) is 0 Å². The molecule has 3 nitrogen and oxygen atoms in total. The summed E-state index contributed by atoms with van der Waals surface area (Å²) in [6, 6.07) is 56.9. The molecule has 3 heteroatoms. The fourth-order valence-corrected chi connectivity index (χ4v) is 7.90. The van der Waals surface area contributed by atoms with Crippen LogP contribution in [0.15, 0.2) is 182 Å². The van der Waals surface area contributed by atoms with Crippen LogP contribution < -0.4 is 9.64 Å². The third kappa shape index (κ3) is 4.43. The molecular weight excluding hydrogens is 597 g/mol. The van der Waals surface area contributed by atoms with Crippen molar-refractivity contribution in [2.45, 2.75) is 12.0 Å². The summed E-state index contributed by atoms with van der Waals surface area (Å²) in [6.07, 6.45) is 8.73. The van der Waals surface area contributed by atoms with Crippen molar-refractivity contribution in [2.75, 3.05) is 4.90 Å². The molecule has 49 heavy (non-hydrogen) atoms. The average molecular weight is 629 g/mol. The Labute approximate surface area is 285 Å². The first kappa shape index (κ1) is 27.8. The van der Waals surface area contributed by atoms with Crippen LogP contribution in [-0.2, 0) is 0 Å². The van der Waals surface area contributed by atoms with Crippen LogP contribution >= 0.6 is 0 Å². The van der Waals surface area contributed by atoms with E-state index in [2.05, 4.69) is 191 Å². The SMILES string of the molecule is C1=CC2Oc3ccc4ccc(-c5ccc(N(c6ccccc6)c6cccc7c6c6ccccc6n7-c6ccccc6)cc5)cc4c3C2C=C1. The Morgan fingerprint density at radius 3 is 2.08 bits per heavy atom. The van der Waals surface area contributed by atoms with E-state index in [4.69, 9.17) is 4.74 Å². The van der Waals surface area contributed by atoms with Gasteiger partial charge in [0.1, 0.15) is 11.9 Å². The molecule has 2 unspecified atom stereocenters. The van der Waals surface area contributed by atoms with Crippen LogP contribution in [0.1, 0.15) is 11.5 Å². The van der Waals surface area contributed by atoms with E-state index in [1.165, 1.54) is 49.3 Å². The average Bonchev–Trinajstić information content (AvgIpc) is 3.72. The van der Waals surface area contributed by atoms with Gasteiger partial charge in [0.15, 0.2) is 0 Å². The van der Waals surface area contributed by atoms with E-state index in [9.17, 15) is 0 Å². The highest BCUT2D eigenvalue weighted by atomic mass is 16.5. The summed E-state index contributed by atoms with van der Waals surface area (Å²) < 4.78 is 8.71. The predicted molar refractivity (Wildman–Crippen MR) is 204 cm³/mol. The quantitative estimate of drug-likeness (QED) is 0.189. The number of hydrogen-bond acceptors (Lipinski definition) is 2. The molecule has 0 saturated carbocycles. The number of fused-ring (bicyclic) bond motifs is 8. The predicted octanol–water partition coefficient (Wildman–Crippen LogP) is 12.0. The summed E-state index contributed by atoms with van der Waals surface area (Å²) in [7, 11) is 0. The van der Waals surface area contributed by atoms with Gasteiger partial charge >= 0.3 is 0 Å². The molecule has 1 aromatic heterocycles. The van der Waals surface area contributed by atoms with E-state index in [1.54, 1.807) is 0 Å². The van der Waals surface area contributed by atoms with Gasteiger partial charge in [-0.15, -0.1) is 0 Å². The van der Waals surface area contributed by atoms with Crippen LogP contribution in [0, 0.1) is 0 Å². The third-order valence-electron chi connectivity index (χ3n) is 10.1. The van der Waals surface area contributed by atoms with Crippen molar-refractivity contribution in [3.8, 4) is 22.6 Å². The Balaban J connectivity index is 1.11. The smallest absolute Gasteiger partial charge is 0.128 e. The van der Waals surface area contributed by atoms with Crippen LogP contribution in [0.5, 0.6) is 5.75 Å². The molecule has 2 heterocycles. The molecule has 1 aliphatic carbocycles. The molecule has 0 spiro atoms. The minimum absolute atomic E-state index is 0.0729. The van der Waals surface area contributed by atoms with E-state index >= 15 is 0 Å². The Morgan fingerprint density at radius 2 is 1.22 bits per heavy atom. The Hall–Kier alpha value is -6.32. The number of ether oxygens (including phenoxy) is 1. The maximum Gasteiger partial charge on any atom is 0.128 e. The normalized spacial score (nSPS) is 16.2. The van der Waals surface area contributed by atoms with Gasteiger partial charge in [0.05, 0.1) is 16.7 Å². The lowest BCUT2D eigenvalue weighted by molar-refractivity contribution is 0.269. The van der Waals surface area contributed by atoms with Gasteiger partial charge in [-0.3, -0.25) is 0 Å². The van der Waals surface area contributed by atoms with E-state index in [0.717, 1.165) is 28.5 Å². The van der Waals surface area contributed by atoms with Crippen molar-refractivity contribution < 1.29 is 4.74 Å². The zero-order valence-corrected chi connectivity index (χ0v) is 26.8. The number of nitrogens with zero attached hydrogens (tertiary/aromatic N) is 2. The lowest BCUT2D eigenvalue weighted by atomic mass is 9.87. The zero-order valence-electron chi connectivity index (χ0n) is 26.8. The van der Waals surface area contributed by atoms with Crippen LogP contribution in [0.25, 0.3) is 49.4 Å². The topological polar surface area (TPSA) is 17.4 Å². The van der Waals surface area contributed by atoms with E-state index in [1.807, 2.05) is 0 Å². The molecule has 8 aromatic rings. The fourth-order valence-electron chi connectivity index (χ4n) is 7.90. The van der Waals surface area contributed by atoms with Crippen LogP contribution in [0.4, 0.5) is 17.1 Å². The molecule has 2 atom stereocenters. The monoisotopic (exact) mass is 628 g/mol. The molecule has 1 aliphatic heterocycles. The summed E-state index contributed by atoms with van der Waals surface area (Å²) in [5, 5.41) is 4.96. The van der Waals surface area contributed by atoms with Crippen molar-refractivity contribution in [2.24, 2.45) is 0 Å². The lowest BCUT2D eigenvalue weighted by Crippen LogP contribution is -2.15. The first-order valence-electron chi connectivity index (χ1n) is 16.9. The number of allylic oxidation sites excluding steroid dienone is 2. The molecule has 7 aromatic carbocycles. The van der Waals surface area contributed by atoms with E-state index in [0.29, 0.717) is 0 Å². The van der Waals surface area contributed by atoms with Crippen molar-refractivity contribution >= 4 is 49.6 Å². The summed E-state index contributed by atoms with van der Waals surface area (Å²) >= 11 is 0. The molecule has 2 aliphatic rings. The standard InChI is InChI=1S/C46H32N2O/c1-3-12-34(13-4-1)47(41-19-11-20-42-46(41)37-16-7-9-18-40(37)48(42)35-14-5-2-6-15-35)36-27-24-31(25-28-36)33-23-22-32-26-29-44-45(39(32)30-33)38-17-8-10-21-43(38)49-44/h1-30,38,43H. The van der Waals surface area contributed by atoms with Crippen LogP contribution in [-0.4, -0.2) is 10.7 Å². The van der Waals surface area contributed by atoms with Gasteiger partial charge in [-0.1, -0.05) is 109 Å². The maximum atomic E-state index is 6.33.